The Morgan fingerprint density at radius 1 is 0.637 bits per heavy atom. The van der Waals surface area contributed by atoms with Gasteiger partial charge in [-0.1, -0.05) is 60.7 Å². The first-order valence-corrected chi connectivity index (χ1v) is 45.2. The number of nitrogens with one attached hydrogen (secondary N) is 5. The van der Waals surface area contributed by atoms with Gasteiger partial charge in [0.1, 0.15) is 54.8 Å². The minimum absolute atomic E-state index is 0.0388. The minimum atomic E-state index is -2.13. The van der Waals surface area contributed by atoms with Crippen LogP contribution in [0.3, 0.4) is 0 Å². The second-order valence-electron chi connectivity index (χ2n) is 32.6. The Balaban J connectivity index is 0.612. The summed E-state index contributed by atoms with van der Waals surface area (Å²) in [6, 6.07) is 19.5. The number of aliphatic hydroxyl groups is 4. The number of carbonyl (C=O) groups excluding carboxylic acids is 7. The smallest absolute Gasteiger partial charge is 0.407 e. The van der Waals surface area contributed by atoms with Crippen molar-refractivity contribution in [3.05, 3.63) is 145 Å². The Hall–Kier alpha value is -11.0. The molecule has 0 saturated carbocycles. The standard InChI is InChI=1S/C93H120FN11O30/c1-6-93(119)66-48-72-80-64(53-104(72)88(114)65(66)55-132-91(93)117)79-68(17-16-61-57(4)67(94)49-69(99-80)78(61)79)100-92(118)133-54-58-15-18-73(134-90-85(112)83(110)84(111)86(135-90)89(115)116)60(47-58)50-96-74(106)21-23-95-87(113)70(98-76(108)19-20-77(109)103-52-59-11-7-8-12-62(59)81-82(105(56(2)3)102-101-81)63-13-9-10-14-71(63)103)51-97-75(107)22-24-121-27-28-123-31-32-125-35-36-127-39-40-129-43-44-131-46-45-130-42-41-128-38-37-126-34-33-124-30-29-122-26-25-120-5/h7-15,18,47-49,56,68,70,83-86,90,110-112,119H,6,16-17,19-46,50-55H2,1-5H3,(H,95,113)(H,96,106)(H,97,107)(H,98,108)(H,100,118)(H,115,116)/t68-,70-,83-,84-,85+,86-,90+,93-/m0/s1. The summed E-state index contributed by atoms with van der Waals surface area (Å²) < 4.78 is 107. The molecule has 4 aliphatic heterocycles. The van der Waals surface area contributed by atoms with E-state index in [0.29, 0.717) is 176 Å². The van der Waals surface area contributed by atoms with Gasteiger partial charge in [0, 0.05) is 97.7 Å². The second kappa shape index (κ2) is 51.2. The fraction of sp³-hybridized carbons (Fsp3) is 0.548. The zero-order valence-electron chi connectivity index (χ0n) is 76.3. The first-order chi connectivity index (χ1) is 65.4. The van der Waals surface area contributed by atoms with Crippen molar-refractivity contribution in [2.24, 2.45) is 0 Å². The largest absolute Gasteiger partial charge is 0.479 e. The van der Waals surface area contributed by atoms with Crippen LogP contribution in [-0.2, 0) is 149 Å². The summed E-state index contributed by atoms with van der Waals surface area (Å²) >= 11 is 0. The van der Waals surface area contributed by atoms with E-state index in [-0.39, 0.29) is 136 Å². The van der Waals surface area contributed by atoms with Crippen LogP contribution >= 0.6 is 0 Å². The fourth-order valence-electron chi connectivity index (χ4n) is 16.1. The molecule has 7 aromatic rings. The highest BCUT2D eigenvalue weighted by molar-refractivity contribution is 6.02. The Bertz CT molecular complexity index is 5270. The van der Waals surface area contributed by atoms with Crippen LogP contribution < -0.4 is 41.8 Å². The number of fused-ring (bicyclic) bond motifs is 10. The molecule has 0 spiro atoms. The van der Waals surface area contributed by atoms with Crippen LogP contribution in [0.5, 0.6) is 5.75 Å². The number of pyridine rings is 2. The lowest BCUT2D eigenvalue weighted by Crippen LogP contribution is -2.61. The Morgan fingerprint density at radius 3 is 1.84 bits per heavy atom. The normalized spacial score (nSPS) is 18.2. The Kier molecular flexibility index (Phi) is 39.1. The van der Waals surface area contributed by atoms with Crippen molar-refractivity contribution < 1.29 is 144 Å². The minimum Gasteiger partial charge on any atom is -0.479 e. The molecule has 1 aliphatic carbocycles. The van der Waals surface area contributed by atoms with E-state index in [0.717, 1.165) is 11.1 Å². The van der Waals surface area contributed by atoms with Gasteiger partial charge in [-0.3, -0.25) is 28.8 Å². The number of rotatable bonds is 56. The molecule has 12 rings (SSSR count). The van der Waals surface area contributed by atoms with Crippen molar-refractivity contribution in [3.63, 3.8) is 0 Å². The summed E-state index contributed by atoms with van der Waals surface area (Å²) in [6.07, 6.45) is -11.9. The molecule has 1 saturated heterocycles. The number of aryl methyl sites for hydroxylation is 1. The van der Waals surface area contributed by atoms with Gasteiger partial charge in [0.2, 0.25) is 35.8 Å². The molecule has 7 heterocycles. The van der Waals surface area contributed by atoms with Gasteiger partial charge in [0.05, 0.1) is 205 Å². The highest BCUT2D eigenvalue weighted by Crippen LogP contribution is 2.47. The van der Waals surface area contributed by atoms with Gasteiger partial charge in [-0.05, 0) is 92.1 Å². The average molecular weight is 1890 g/mol. The predicted molar refractivity (Wildman–Crippen MR) is 477 cm³/mol. The van der Waals surface area contributed by atoms with E-state index >= 15 is 4.39 Å². The summed E-state index contributed by atoms with van der Waals surface area (Å²) in [7, 11) is 1.62. The number of aliphatic hydroxyl groups excluding tert-OH is 3. The number of para-hydroxylation sites is 1. The molecule has 0 radical (unpaired) electrons. The number of amides is 6. The Labute approximate surface area is 777 Å². The van der Waals surface area contributed by atoms with E-state index in [1.54, 1.807) is 42.7 Å². The SMILES string of the molecule is CC[C@@]1(O)C(=O)OCc2c1cc1n(c2=O)Cc2c-1nc1cc(F)c(C)c3c1c2[C@@H](NC(=O)OCc1ccc(O[C@@H]2O[C@H](C(=O)O)[C@@H](O)[C@H](O)[C@H]2O)c(CNC(=O)CCNC(=O)[C@H](CNC(=O)CCOCCOCCOCCOCCOCCOCCOCCOCCOCCOCCOCCOC)NC(=O)CCC(=O)N2Cc4ccccc4-c4nnn(C(C)C)c4-c4ccccc42)c1)CC3. The van der Waals surface area contributed by atoms with Gasteiger partial charge in [-0.25, -0.2) is 28.4 Å². The van der Waals surface area contributed by atoms with Gasteiger partial charge >= 0.3 is 18.0 Å². The summed E-state index contributed by atoms with van der Waals surface area (Å²) in [5.74, 6) is -6.49. The molecule has 42 heteroatoms. The summed E-state index contributed by atoms with van der Waals surface area (Å²) in [6.45, 7) is 14.0. The Morgan fingerprint density at radius 2 is 1.23 bits per heavy atom. The van der Waals surface area contributed by atoms with Gasteiger partial charge in [0.15, 0.2) is 11.7 Å². The van der Waals surface area contributed by atoms with E-state index in [1.165, 1.54) is 34.9 Å². The zero-order chi connectivity index (χ0) is 95.9. The van der Waals surface area contributed by atoms with Crippen LogP contribution in [0, 0.1) is 12.7 Å². The van der Waals surface area contributed by atoms with Crippen molar-refractivity contribution in [2.75, 3.05) is 177 Å². The number of cyclic esters (lactones) is 1. The second-order valence-corrected chi connectivity index (χ2v) is 32.6. The maximum absolute atomic E-state index is 15.8. The molecule has 4 aromatic carbocycles. The number of methoxy groups -OCH3 is 1. The highest BCUT2D eigenvalue weighted by Gasteiger charge is 2.49. The monoisotopic (exact) mass is 1890 g/mol. The summed E-state index contributed by atoms with van der Waals surface area (Å²) in [5.41, 5.74) is 4.91. The maximum Gasteiger partial charge on any atom is 0.407 e. The molecule has 3 aromatic heterocycles. The number of carboxylic acid groups (broad SMARTS) is 1. The molecular formula is C93H120FN11O30. The quantitative estimate of drug-likeness (QED) is 0.0193. The van der Waals surface area contributed by atoms with Crippen LogP contribution in [0.25, 0.3) is 44.8 Å². The summed E-state index contributed by atoms with van der Waals surface area (Å²) in [5, 5.41) is 77.0. The third kappa shape index (κ3) is 27.3. The number of carboxylic acids is 1. The molecule has 5 aliphatic rings. The highest BCUT2D eigenvalue weighted by atomic mass is 19.1. The topological polar surface area (TPSA) is 514 Å². The molecule has 41 nitrogen and oxygen atoms in total. The van der Waals surface area contributed by atoms with Crippen molar-refractivity contribution in [1.82, 2.24) is 51.1 Å². The lowest BCUT2D eigenvalue weighted by atomic mass is 9.81. The maximum atomic E-state index is 15.8. The molecule has 734 valence electrons. The number of aliphatic carboxylic acids is 1. The third-order valence-corrected chi connectivity index (χ3v) is 23.2. The average Bonchev–Trinajstić information content (AvgIpc) is 1.54. The van der Waals surface area contributed by atoms with Gasteiger partial charge in [-0.15, -0.1) is 5.10 Å². The van der Waals surface area contributed by atoms with Gasteiger partial charge in [0.25, 0.3) is 5.56 Å². The van der Waals surface area contributed by atoms with Crippen LogP contribution in [0.4, 0.5) is 14.9 Å². The molecule has 8 atom stereocenters. The van der Waals surface area contributed by atoms with Crippen molar-refractivity contribution >= 4 is 64.2 Å². The number of ether oxygens (including phenoxy) is 16. The molecular weight excluding hydrogens is 1770 g/mol. The zero-order valence-corrected chi connectivity index (χ0v) is 76.3. The first-order valence-electron chi connectivity index (χ1n) is 45.2. The van der Waals surface area contributed by atoms with Gasteiger partial charge < -0.3 is 137 Å². The van der Waals surface area contributed by atoms with Crippen molar-refractivity contribution in [3.8, 4) is 39.7 Å². The number of hydrogen-bond donors (Lipinski definition) is 10. The predicted octanol–water partition coefficient (Wildman–Crippen LogP) is 3.49. The van der Waals surface area contributed by atoms with Crippen LogP contribution in [-0.4, -0.2) is 307 Å². The number of carbonyl (C=O) groups is 8. The van der Waals surface area contributed by atoms with E-state index in [2.05, 4.69) is 36.9 Å². The molecule has 10 N–H and O–H groups in total. The number of halogens is 1. The lowest BCUT2D eigenvalue weighted by molar-refractivity contribution is -0.271. The molecule has 1 fully saturated rings. The molecule has 0 bridgehead atoms. The number of hydrogen-bond acceptors (Lipinski definition) is 32. The fourth-order valence-corrected chi connectivity index (χ4v) is 16.1. The van der Waals surface area contributed by atoms with E-state index < -0.39 is 140 Å². The van der Waals surface area contributed by atoms with Crippen molar-refractivity contribution in [1.29, 1.82) is 0 Å². The number of anilines is 1. The summed E-state index contributed by atoms with van der Waals surface area (Å²) in [4.78, 5) is 130. The van der Waals surface area contributed by atoms with Crippen LogP contribution in [0.1, 0.15) is 121 Å². The number of esters is 1. The van der Waals surface area contributed by atoms with Crippen molar-refractivity contribution in [2.45, 2.75) is 160 Å². The van der Waals surface area contributed by atoms with E-state index in [9.17, 15) is 68.7 Å². The number of benzene rings is 4. The molecule has 135 heavy (non-hydrogen) atoms. The third-order valence-electron chi connectivity index (χ3n) is 23.2. The van der Waals surface area contributed by atoms with E-state index in [1.807, 2.05) is 50.2 Å². The molecule has 0 unspecified atom stereocenters. The van der Waals surface area contributed by atoms with Crippen LogP contribution in [0.15, 0.2) is 83.7 Å². The van der Waals surface area contributed by atoms with E-state index in [4.69, 9.17) is 80.8 Å². The number of nitrogens with zero attached hydrogens (tertiary/aromatic N) is 6. The van der Waals surface area contributed by atoms with Gasteiger partial charge in [-0.2, -0.15) is 0 Å². The van der Waals surface area contributed by atoms with Crippen LogP contribution in [0.2, 0.25) is 0 Å². The number of aromatic nitrogens is 5. The number of alkyl carbamates (subject to hydrolysis) is 1. The molecule has 6 amide bonds. The lowest BCUT2D eigenvalue weighted by Gasteiger charge is -2.38. The first kappa shape index (κ1) is 103.